The molecule has 1 saturated heterocycles. The minimum atomic E-state index is -0.360. The lowest BCUT2D eigenvalue weighted by Crippen LogP contribution is -2.25. The largest absolute Gasteiger partial charge is 0.342 e. The van der Waals surface area contributed by atoms with Crippen molar-refractivity contribution in [3.8, 4) is 0 Å². The number of hydrogen-bond donors (Lipinski definition) is 2. The molecule has 106 valence electrons. The van der Waals surface area contributed by atoms with Gasteiger partial charge in [-0.15, -0.1) is 0 Å². The zero-order chi connectivity index (χ0) is 13.9. The van der Waals surface area contributed by atoms with E-state index in [1.807, 2.05) is 17.8 Å². The van der Waals surface area contributed by atoms with E-state index < -0.39 is 0 Å². The van der Waals surface area contributed by atoms with Gasteiger partial charge in [-0.2, -0.15) is 4.98 Å². The van der Waals surface area contributed by atoms with Crippen molar-refractivity contribution in [1.82, 2.24) is 30.3 Å². The van der Waals surface area contributed by atoms with Crippen LogP contribution < -0.4 is 10.6 Å². The number of rotatable bonds is 4. The van der Waals surface area contributed by atoms with Gasteiger partial charge in [0.2, 0.25) is 5.89 Å². The first-order valence-corrected chi connectivity index (χ1v) is 6.55. The number of imidazole rings is 1. The number of hydrogen-bond acceptors (Lipinski definition) is 6. The van der Waals surface area contributed by atoms with Crippen molar-refractivity contribution in [2.45, 2.75) is 25.4 Å². The predicted octanol–water partition coefficient (Wildman–Crippen LogP) is 0.158. The third kappa shape index (κ3) is 2.55. The maximum Gasteiger partial charge on any atom is 0.293 e. The Morgan fingerprint density at radius 1 is 1.65 bits per heavy atom. The van der Waals surface area contributed by atoms with Gasteiger partial charge in [-0.3, -0.25) is 4.79 Å². The smallest absolute Gasteiger partial charge is 0.293 e. The van der Waals surface area contributed by atoms with Crippen LogP contribution in [0.5, 0.6) is 0 Å². The van der Waals surface area contributed by atoms with Gasteiger partial charge in [0.15, 0.2) is 0 Å². The number of amides is 1. The summed E-state index contributed by atoms with van der Waals surface area (Å²) in [5.41, 5.74) is 0. The first kappa shape index (κ1) is 12.8. The fourth-order valence-electron chi connectivity index (χ4n) is 2.17. The molecule has 0 aliphatic carbocycles. The zero-order valence-electron chi connectivity index (χ0n) is 11.2. The van der Waals surface area contributed by atoms with Crippen molar-refractivity contribution in [2.75, 3.05) is 6.54 Å². The van der Waals surface area contributed by atoms with E-state index in [0.717, 1.165) is 25.2 Å². The Balaban J connectivity index is 1.61. The Kier molecular flexibility index (Phi) is 3.46. The molecule has 2 N–H and O–H groups in total. The van der Waals surface area contributed by atoms with Gasteiger partial charge in [-0.25, -0.2) is 4.98 Å². The third-order valence-electron chi connectivity index (χ3n) is 3.33. The molecule has 3 heterocycles. The summed E-state index contributed by atoms with van der Waals surface area (Å²) in [5, 5.41) is 9.68. The highest BCUT2D eigenvalue weighted by molar-refractivity contribution is 5.90. The molecule has 0 aromatic carbocycles. The van der Waals surface area contributed by atoms with Gasteiger partial charge in [0, 0.05) is 19.4 Å². The van der Waals surface area contributed by atoms with Crippen LogP contribution in [-0.4, -0.2) is 32.1 Å². The Labute approximate surface area is 115 Å². The van der Waals surface area contributed by atoms with Gasteiger partial charge in [-0.1, -0.05) is 5.16 Å². The monoisotopic (exact) mass is 276 g/mol. The summed E-state index contributed by atoms with van der Waals surface area (Å²) in [6, 6.07) is 0.0681. The van der Waals surface area contributed by atoms with Gasteiger partial charge >= 0.3 is 0 Å². The van der Waals surface area contributed by atoms with Gasteiger partial charge in [0.05, 0.1) is 12.6 Å². The molecular weight excluding hydrogens is 260 g/mol. The second kappa shape index (κ2) is 5.41. The second-order valence-corrected chi connectivity index (χ2v) is 4.74. The van der Waals surface area contributed by atoms with Crippen LogP contribution in [0.2, 0.25) is 0 Å². The lowest BCUT2D eigenvalue weighted by molar-refractivity contribution is 0.0936. The van der Waals surface area contributed by atoms with E-state index in [-0.39, 0.29) is 17.8 Å². The average Bonchev–Trinajstić information content (AvgIpc) is 3.17. The van der Waals surface area contributed by atoms with E-state index in [2.05, 4.69) is 25.8 Å². The zero-order valence-corrected chi connectivity index (χ0v) is 11.2. The molecule has 8 nitrogen and oxygen atoms in total. The van der Waals surface area contributed by atoms with Gasteiger partial charge < -0.3 is 19.7 Å². The molecular formula is C12H16N6O2. The molecule has 0 saturated carbocycles. The standard InChI is InChI=1S/C12H16N6O2/c1-18-6-5-14-9(18)7-15-11(19)10-16-12(20-17-10)8-3-2-4-13-8/h5-6,8,13H,2-4,7H2,1H3,(H,15,19). The van der Waals surface area contributed by atoms with Gasteiger partial charge in [0.25, 0.3) is 11.7 Å². The highest BCUT2D eigenvalue weighted by atomic mass is 16.5. The number of aromatic nitrogens is 4. The molecule has 1 fully saturated rings. The van der Waals surface area contributed by atoms with E-state index in [1.165, 1.54) is 0 Å². The maximum absolute atomic E-state index is 11.9. The lowest BCUT2D eigenvalue weighted by Gasteiger charge is -2.02. The molecule has 0 spiro atoms. The first-order valence-electron chi connectivity index (χ1n) is 6.55. The fraction of sp³-hybridized carbons (Fsp3) is 0.500. The summed E-state index contributed by atoms with van der Waals surface area (Å²) in [5.74, 6) is 0.938. The summed E-state index contributed by atoms with van der Waals surface area (Å²) in [6.45, 7) is 1.27. The molecule has 3 rings (SSSR count). The number of nitrogens with one attached hydrogen (secondary N) is 2. The number of nitrogens with zero attached hydrogens (tertiary/aromatic N) is 4. The molecule has 8 heteroatoms. The van der Waals surface area contributed by atoms with Crippen molar-refractivity contribution in [3.63, 3.8) is 0 Å². The molecule has 1 aliphatic heterocycles. The highest BCUT2D eigenvalue weighted by Crippen LogP contribution is 2.20. The Bertz CT molecular complexity index is 599. The maximum atomic E-state index is 11.9. The normalized spacial score (nSPS) is 18.4. The molecule has 1 aliphatic rings. The van der Waals surface area contributed by atoms with Crippen LogP contribution in [0.1, 0.15) is 41.2 Å². The Hall–Kier alpha value is -2.22. The first-order chi connectivity index (χ1) is 9.74. The summed E-state index contributed by atoms with van der Waals surface area (Å²) < 4.78 is 6.96. The van der Waals surface area contributed by atoms with Crippen LogP contribution >= 0.6 is 0 Å². The van der Waals surface area contributed by atoms with Crippen molar-refractivity contribution < 1.29 is 9.32 Å². The minimum Gasteiger partial charge on any atom is -0.342 e. The molecule has 20 heavy (non-hydrogen) atoms. The highest BCUT2D eigenvalue weighted by Gasteiger charge is 2.24. The molecule has 1 amide bonds. The van der Waals surface area contributed by atoms with Gasteiger partial charge in [-0.05, 0) is 19.4 Å². The Morgan fingerprint density at radius 2 is 2.55 bits per heavy atom. The SMILES string of the molecule is Cn1ccnc1CNC(=O)c1noc(C2CCCN2)n1. The van der Waals surface area contributed by atoms with E-state index in [4.69, 9.17) is 4.52 Å². The fourth-order valence-corrected chi connectivity index (χ4v) is 2.17. The Morgan fingerprint density at radius 3 is 3.25 bits per heavy atom. The third-order valence-corrected chi connectivity index (χ3v) is 3.33. The predicted molar refractivity (Wildman–Crippen MR) is 68.7 cm³/mol. The van der Waals surface area contributed by atoms with Crippen molar-refractivity contribution >= 4 is 5.91 Å². The summed E-state index contributed by atoms with van der Waals surface area (Å²) in [4.78, 5) is 20.2. The van der Waals surface area contributed by atoms with Crippen LogP contribution in [0.3, 0.4) is 0 Å². The topological polar surface area (TPSA) is 97.9 Å². The van der Waals surface area contributed by atoms with E-state index >= 15 is 0 Å². The van der Waals surface area contributed by atoms with Crippen LogP contribution in [0.25, 0.3) is 0 Å². The van der Waals surface area contributed by atoms with Crippen LogP contribution in [0.15, 0.2) is 16.9 Å². The van der Waals surface area contributed by atoms with E-state index in [9.17, 15) is 4.79 Å². The van der Waals surface area contributed by atoms with Crippen LogP contribution in [0.4, 0.5) is 0 Å². The van der Waals surface area contributed by atoms with Crippen LogP contribution in [0, 0.1) is 0 Å². The quantitative estimate of drug-likeness (QED) is 0.825. The van der Waals surface area contributed by atoms with Crippen molar-refractivity contribution in [2.24, 2.45) is 7.05 Å². The van der Waals surface area contributed by atoms with Crippen molar-refractivity contribution in [3.05, 3.63) is 29.9 Å². The lowest BCUT2D eigenvalue weighted by atomic mass is 10.2. The molecule has 0 radical (unpaired) electrons. The summed E-state index contributed by atoms with van der Waals surface area (Å²) in [7, 11) is 1.87. The van der Waals surface area contributed by atoms with Gasteiger partial charge in [0.1, 0.15) is 5.82 Å². The summed E-state index contributed by atoms with van der Waals surface area (Å²) >= 11 is 0. The van der Waals surface area contributed by atoms with Crippen LogP contribution in [-0.2, 0) is 13.6 Å². The van der Waals surface area contributed by atoms with E-state index in [1.54, 1.807) is 6.20 Å². The number of carbonyl (C=O) groups excluding carboxylic acids is 1. The molecule has 2 aromatic rings. The van der Waals surface area contributed by atoms with E-state index in [0.29, 0.717) is 12.4 Å². The molecule has 1 unspecified atom stereocenters. The number of aryl methyl sites for hydroxylation is 1. The molecule has 2 aromatic heterocycles. The minimum absolute atomic E-state index is 0.0582. The van der Waals surface area contributed by atoms with Crippen molar-refractivity contribution in [1.29, 1.82) is 0 Å². The second-order valence-electron chi connectivity index (χ2n) is 4.74. The molecule has 0 bridgehead atoms. The molecule has 1 atom stereocenters. The number of carbonyl (C=O) groups is 1. The average molecular weight is 276 g/mol. The summed E-state index contributed by atoms with van der Waals surface area (Å²) in [6.07, 6.45) is 5.53.